The predicted octanol–water partition coefficient (Wildman–Crippen LogP) is 14.4. The monoisotopic (exact) mass is 747 g/mol. The Labute approximate surface area is 328 Å². The van der Waals surface area contributed by atoms with Crippen LogP contribution in [-0.4, -0.2) is 37.2 Å². The zero-order valence-corrected chi connectivity index (χ0v) is 35.3. The molecule has 0 aromatic rings. The lowest BCUT2D eigenvalue weighted by atomic mass is 10.1. The molecule has 0 radical (unpaired) electrons. The van der Waals surface area contributed by atoms with Crippen LogP contribution in [0.2, 0.25) is 0 Å². The summed E-state index contributed by atoms with van der Waals surface area (Å²) in [4.78, 5) is 37.6. The minimum Gasteiger partial charge on any atom is -0.462 e. The van der Waals surface area contributed by atoms with Crippen LogP contribution in [-0.2, 0) is 28.6 Å². The van der Waals surface area contributed by atoms with E-state index < -0.39 is 6.10 Å². The molecule has 0 spiro atoms. The molecule has 0 unspecified atom stereocenters. The summed E-state index contributed by atoms with van der Waals surface area (Å²) in [6.45, 7) is 6.57. The number of ether oxygens (including phenoxy) is 3. The molecule has 6 heteroatoms. The van der Waals surface area contributed by atoms with E-state index in [0.29, 0.717) is 19.3 Å². The highest BCUT2D eigenvalue weighted by atomic mass is 16.6. The van der Waals surface area contributed by atoms with Crippen LogP contribution >= 0.6 is 0 Å². The van der Waals surface area contributed by atoms with E-state index in [2.05, 4.69) is 45.1 Å². The van der Waals surface area contributed by atoms with Crippen LogP contribution in [0.4, 0.5) is 0 Å². The molecule has 1 atom stereocenters. The molecule has 0 rings (SSSR count). The number of carbonyl (C=O) groups is 3. The van der Waals surface area contributed by atoms with Crippen molar-refractivity contribution in [1.29, 1.82) is 0 Å². The molecule has 0 aliphatic heterocycles. The molecule has 0 aromatic heterocycles. The molecule has 0 fully saturated rings. The van der Waals surface area contributed by atoms with Gasteiger partial charge in [0.05, 0.1) is 0 Å². The zero-order valence-electron chi connectivity index (χ0n) is 35.3. The number of rotatable bonds is 41. The molecule has 0 aliphatic rings. The highest BCUT2D eigenvalue weighted by molar-refractivity contribution is 5.71. The minimum atomic E-state index is -0.771. The lowest BCUT2D eigenvalue weighted by molar-refractivity contribution is -0.167. The van der Waals surface area contributed by atoms with Crippen molar-refractivity contribution < 1.29 is 28.6 Å². The summed E-state index contributed by atoms with van der Waals surface area (Å²) in [5.74, 6) is -0.892. The summed E-state index contributed by atoms with van der Waals surface area (Å²) in [5.41, 5.74) is 0. The van der Waals surface area contributed by atoms with Crippen molar-refractivity contribution >= 4 is 17.9 Å². The van der Waals surface area contributed by atoms with Crippen LogP contribution < -0.4 is 0 Å². The molecule has 0 aromatic carbocycles. The highest BCUT2D eigenvalue weighted by Gasteiger charge is 2.19. The van der Waals surface area contributed by atoms with Gasteiger partial charge in [0.2, 0.25) is 0 Å². The van der Waals surface area contributed by atoms with Gasteiger partial charge in [0.25, 0.3) is 0 Å². The van der Waals surface area contributed by atoms with Crippen LogP contribution in [0.15, 0.2) is 24.3 Å². The Morgan fingerprint density at radius 2 is 0.623 bits per heavy atom. The quantitative estimate of drug-likeness (QED) is 0.0268. The van der Waals surface area contributed by atoms with Crippen LogP contribution in [0.25, 0.3) is 0 Å². The fourth-order valence-corrected chi connectivity index (χ4v) is 6.43. The maximum Gasteiger partial charge on any atom is 0.306 e. The Kier molecular flexibility index (Phi) is 40.9. The first-order valence-corrected chi connectivity index (χ1v) is 22.8. The van der Waals surface area contributed by atoms with Crippen molar-refractivity contribution in [3.05, 3.63) is 24.3 Å². The molecule has 6 nitrogen and oxygen atoms in total. The Bertz CT molecular complexity index is 865. The molecule has 0 saturated carbocycles. The van der Waals surface area contributed by atoms with Crippen LogP contribution in [0.3, 0.4) is 0 Å². The predicted molar refractivity (Wildman–Crippen MR) is 224 cm³/mol. The summed E-state index contributed by atoms with van der Waals surface area (Å²) in [6, 6.07) is 0. The smallest absolute Gasteiger partial charge is 0.306 e. The average Bonchev–Trinajstić information content (AvgIpc) is 3.15. The average molecular weight is 747 g/mol. The highest BCUT2D eigenvalue weighted by Crippen LogP contribution is 2.14. The summed E-state index contributed by atoms with van der Waals surface area (Å²) in [6.07, 6.45) is 45.8. The lowest BCUT2D eigenvalue weighted by Crippen LogP contribution is -2.30. The Morgan fingerprint density at radius 3 is 0.981 bits per heavy atom. The van der Waals surface area contributed by atoms with Gasteiger partial charge in [-0.05, 0) is 70.6 Å². The first-order valence-electron chi connectivity index (χ1n) is 22.8. The Hall–Kier alpha value is -2.11. The number of hydrogen-bond donors (Lipinski definition) is 0. The van der Waals surface area contributed by atoms with Crippen molar-refractivity contribution in [3.63, 3.8) is 0 Å². The number of allylic oxidation sites excluding steroid dienone is 4. The van der Waals surface area contributed by atoms with Gasteiger partial charge >= 0.3 is 17.9 Å². The number of hydrogen-bond acceptors (Lipinski definition) is 6. The van der Waals surface area contributed by atoms with Gasteiger partial charge in [-0.15, -0.1) is 0 Å². The van der Waals surface area contributed by atoms with Gasteiger partial charge in [0, 0.05) is 19.3 Å². The van der Waals surface area contributed by atoms with Crippen molar-refractivity contribution in [2.24, 2.45) is 0 Å². The third-order valence-corrected chi connectivity index (χ3v) is 9.93. The minimum absolute atomic E-state index is 0.0749. The van der Waals surface area contributed by atoms with Gasteiger partial charge in [-0.1, -0.05) is 173 Å². The lowest BCUT2D eigenvalue weighted by Gasteiger charge is -2.18. The second-order valence-corrected chi connectivity index (χ2v) is 15.3. The first kappa shape index (κ1) is 50.9. The molecule has 310 valence electrons. The maximum atomic E-state index is 12.7. The summed E-state index contributed by atoms with van der Waals surface area (Å²) < 4.78 is 16.7. The first-order chi connectivity index (χ1) is 26.0. The molecule has 0 saturated heterocycles. The van der Waals surface area contributed by atoms with E-state index >= 15 is 0 Å². The third kappa shape index (κ3) is 40.9. The molecular weight excluding hydrogens is 661 g/mol. The number of carbonyl (C=O) groups excluding carboxylic acids is 3. The molecule has 0 N–H and O–H groups in total. The van der Waals surface area contributed by atoms with Crippen LogP contribution in [0.1, 0.15) is 239 Å². The van der Waals surface area contributed by atoms with E-state index in [-0.39, 0.29) is 31.1 Å². The van der Waals surface area contributed by atoms with E-state index in [4.69, 9.17) is 14.2 Å². The zero-order chi connectivity index (χ0) is 38.7. The molecule has 53 heavy (non-hydrogen) atoms. The topological polar surface area (TPSA) is 78.9 Å². The van der Waals surface area contributed by atoms with Crippen molar-refractivity contribution in [1.82, 2.24) is 0 Å². The SMILES string of the molecule is CCCCC/C=C\CCCCCCCC(=O)O[C@@H](COC(=O)CCCCCCC/C=C\CCCCCCC)COC(=O)CCCCCCCCCCC. The van der Waals surface area contributed by atoms with Crippen molar-refractivity contribution in [3.8, 4) is 0 Å². The Balaban J connectivity index is 4.36. The molecule has 0 bridgehead atoms. The largest absolute Gasteiger partial charge is 0.462 e. The summed E-state index contributed by atoms with van der Waals surface area (Å²) >= 11 is 0. The van der Waals surface area contributed by atoms with Gasteiger partial charge in [0.15, 0.2) is 6.10 Å². The van der Waals surface area contributed by atoms with E-state index in [1.54, 1.807) is 0 Å². The molecular formula is C47H86O6. The van der Waals surface area contributed by atoms with E-state index in [1.165, 1.54) is 128 Å². The maximum absolute atomic E-state index is 12.7. The van der Waals surface area contributed by atoms with Gasteiger partial charge in [-0.3, -0.25) is 14.4 Å². The van der Waals surface area contributed by atoms with E-state index in [0.717, 1.165) is 70.6 Å². The summed E-state index contributed by atoms with van der Waals surface area (Å²) in [7, 11) is 0. The standard InChI is InChI=1S/C47H86O6/c1-4-7-10-13-16-19-21-23-24-26-28-31-34-37-40-46(49)52-43-44(42-51-45(48)39-36-33-30-27-18-15-12-9-6-3)53-47(50)41-38-35-32-29-25-22-20-17-14-11-8-5-2/h17,20-21,23,44H,4-16,18-19,22,24-43H2,1-3H3/b20-17-,23-21-/t44-/m1/s1. The van der Waals surface area contributed by atoms with Crippen molar-refractivity contribution in [2.45, 2.75) is 245 Å². The molecule has 0 aliphatic carbocycles. The summed E-state index contributed by atoms with van der Waals surface area (Å²) in [5, 5.41) is 0. The van der Waals surface area contributed by atoms with Crippen LogP contribution in [0, 0.1) is 0 Å². The second-order valence-electron chi connectivity index (χ2n) is 15.3. The van der Waals surface area contributed by atoms with E-state index in [1.807, 2.05) is 0 Å². The number of esters is 3. The van der Waals surface area contributed by atoms with E-state index in [9.17, 15) is 14.4 Å². The molecule has 0 heterocycles. The number of unbranched alkanes of at least 4 members (excludes halogenated alkanes) is 26. The van der Waals surface area contributed by atoms with Crippen molar-refractivity contribution in [2.75, 3.05) is 13.2 Å². The normalized spacial score (nSPS) is 12.1. The van der Waals surface area contributed by atoms with Crippen LogP contribution in [0.5, 0.6) is 0 Å². The van der Waals surface area contributed by atoms with Gasteiger partial charge in [-0.2, -0.15) is 0 Å². The molecule has 0 amide bonds. The Morgan fingerprint density at radius 1 is 0.358 bits per heavy atom. The third-order valence-electron chi connectivity index (χ3n) is 9.93. The van der Waals surface area contributed by atoms with Gasteiger partial charge in [-0.25, -0.2) is 0 Å². The fourth-order valence-electron chi connectivity index (χ4n) is 6.43. The second kappa shape index (κ2) is 42.6. The fraction of sp³-hybridized carbons (Fsp3) is 0.851. The van der Waals surface area contributed by atoms with Gasteiger partial charge in [0.1, 0.15) is 13.2 Å². The van der Waals surface area contributed by atoms with Gasteiger partial charge < -0.3 is 14.2 Å².